The first kappa shape index (κ1) is 31.3. The lowest BCUT2D eigenvalue weighted by Gasteiger charge is -2.28. The summed E-state index contributed by atoms with van der Waals surface area (Å²) in [5, 5.41) is 17.0. The Morgan fingerprint density at radius 3 is 2.43 bits per heavy atom. The summed E-state index contributed by atoms with van der Waals surface area (Å²) in [7, 11) is 0. The number of aromatic carboxylic acids is 1. The van der Waals surface area contributed by atoms with Crippen LogP contribution in [-0.2, 0) is 11.3 Å². The van der Waals surface area contributed by atoms with Crippen molar-refractivity contribution < 1.29 is 19.5 Å². The van der Waals surface area contributed by atoms with Crippen LogP contribution in [0.2, 0.25) is 0 Å². The molecule has 3 aromatic carbocycles. The third kappa shape index (κ3) is 5.76. The number of anilines is 1. The largest absolute Gasteiger partial charge is 0.478 e. The van der Waals surface area contributed by atoms with Crippen molar-refractivity contribution in [2.24, 2.45) is 0 Å². The molecule has 0 radical (unpaired) electrons. The SMILES string of the molecule is O=C(O)c1ccc(-c2cnc(NC(=O)C3(NC(=O)c4ccc5c(C6CCCCC6)c6n(c5c4)CC=Cc4ccccc4-6)CCCC3)s2)cc1. The standard InChI is InChI=1S/C40H38N4O4S/c45-36(43-40(20-6-7-21-40)38(48)42-39-41-24-33(49-39)26-14-16-28(17-15-26)37(46)47)29-18-19-31-32(23-29)44-22-8-12-25-9-4-5-13-30(25)35(44)34(31)27-10-2-1-3-11-27/h4-5,8-9,12-19,23-24,27H,1-3,6-7,10-11,20-22H2,(H,43,45)(H,46,47)(H,41,42,48). The van der Waals surface area contributed by atoms with E-state index in [-0.39, 0.29) is 17.4 Å². The zero-order valence-electron chi connectivity index (χ0n) is 27.2. The lowest BCUT2D eigenvalue weighted by atomic mass is 9.81. The molecule has 2 aromatic heterocycles. The summed E-state index contributed by atoms with van der Waals surface area (Å²) in [6.45, 7) is 0.726. The van der Waals surface area contributed by atoms with Crippen LogP contribution >= 0.6 is 11.3 Å². The number of fused-ring (bicyclic) bond motifs is 5. The zero-order chi connectivity index (χ0) is 33.5. The highest BCUT2D eigenvalue weighted by Crippen LogP contribution is 2.46. The highest BCUT2D eigenvalue weighted by Gasteiger charge is 2.43. The minimum absolute atomic E-state index is 0.207. The van der Waals surface area contributed by atoms with Gasteiger partial charge in [-0.3, -0.25) is 14.9 Å². The van der Waals surface area contributed by atoms with E-state index in [2.05, 4.69) is 62.7 Å². The smallest absolute Gasteiger partial charge is 0.335 e. The Balaban J connectivity index is 1.08. The van der Waals surface area contributed by atoms with Gasteiger partial charge >= 0.3 is 5.97 Å². The number of carbonyl (C=O) groups excluding carboxylic acids is 2. The molecule has 2 saturated carbocycles. The molecule has 3 heterocycles. The Bertz CT molecular complexity index is 2110. The Morgan fingerprint density at radius 1 is 0.898 bits per heavy atom. The molecule has 248 valence electrons. The van der Waals surface area contributed by atoms with E-state index in [0.29, 0.717) is 29.5 Å². The highest BCUT2D eigenvalue weighted by molar-refractivity contribution is 7.19. The summed E-state index contributed by atoms with van der Waals surface area (Å²) in [5.74, 6) is -1.02. The zero-order valence-corrected chi connectivity index (χ0v) is 28.0. The van der Waals surface area contributed by atoms with E-state index in [0.717, 1.165) is 35.3 Å². The van der Waals surface area contributed by atoms with Gasteiger partial charge < -0.3 is 15.0 Å². The van der Waals surface area contributed by atoms with Gasteiger partial charge in [0.15, 0.2) is 5.13 Å². The molecule has 0 unspecified atom stereocenters. The molecule has 0 bridgehead atoms. The van der Waals surface area contributed by atoms with E-state index in [1.807, 2.05) is 12.1 Å². The average molecular weight is 671 g/mol. The molecule has 0 saturated heterocycles. The van der Waals surface area contributed by atoms with Crippen molar-refractivity contribution in [3.05, 3.63) is 101 Å². The second-order valence-corrected chi connectivity index (χ2v) is 14.6. The number of nitrogens with zero attached hydrogens (tertiary/aromatic N) is 2. The highest BCUT2D eigenvalue weighted by atomic mass is 32.1. The number of carboxylic acids is 1. The molecule has 2 aliphatic carbocycles. The van der Waals surface area contributed by atoms with Crippen LogP contribution in [0.5, 0.6) is 0 Å². The van der Waals surface area contributed by atoms with Crippen molar-refractivity contribution in [1.82, 2.24) is 14.9 Å². The van der Waals surface area contributed by atoms with Crippen LogP contribution in [0.1, 0.15) is 95.5 Å². The summed E-state index contributed by atoms with van der Waals surface area (Å²) in [6.07, 6.45) is 15.0. The van der Waals surface area contributed by atoms with Crippen molar-refractivity contribution in [2.75, 3.05) is 5.32 Å². The first-order valence-electron chi connectivity index (χ1n) is 17.3. The van der Waals surface area contributed by atoms with Gasteiger partial charge in [-0.15, -0.1) is 0 Å². The summed E-state index contributed by atoms with van der Waals surface area (Å²) in [6, 6.07) is 21.2. The van der Waals surface area contributed by atoms with E-state index in [1.165, 1.54) is 71.2 Å². The minimum Gasteiger partial charge on any atom is -0.478 e. The molecule has 8 nitrogen and oxygen atoms in total. The lowest BCUT2D eigenvalue weighted by molar-refractivity contribution is -0.122. The van der Waals surface area contributed by atoms with Gasteiger partial charge in [0, 0.05) is 34.8 Å². The van der Waals surface area contributed by atoms with Crippen LogP contribution in [0, 0.1) is 0 Å². The molecule has 49 heavy (non-hydrogen) atoms. The van der Waals surface area contributed by atoms with Gasteiger partial charge in [0.2, 0.25) is 0 Å². The average Bonchev–Trinajstić information content (AvgIpc) is 3.84. The number of benzene rings is 3. The Morgan fingerprint density at radius 2 is 1.65 bits per heavy atom. The second kappa shape index (κ2) is 12.8. The van der Waals surface area contributed by atoms with Crippen molar-refractivity contribution in [3.8, 4) is 21.7 Å². The third-order valence-electron chi connectivity index (χ3n) is 10.6. The Hall–Kier alpha value is -5.02. The first-order chi connectivity index (χ1) is 23.9. The van der Waals surface area contributed by atoms with E-state index >= 15 is 0 Å². The maximum Gasteiger partial charge on any atom is 0.335 e. The summed E-state index contributed by atoms with van der Waals surface area (Å²) >= 11 is 1.32. The summed E-state index contributed by atoms with van der Waals surface area (Å²) in [4.78, 5) is 44.4. The predicted molar refractivity (Wildman–Crippen MR) is 194 cm³/mol. The van der Waals surface area contributed by atoms with Crippen molar-refractivity contribution >= 4 is 51.2 Å². The maximum atomic E-state index is 14.0. The fourth-order valence-electron chi connectivity index (χ4n) is 8.08. The first-order valence-corrected chi connectivity index (χ1v) is 18.1. The topological polar surface area (TPSA) is 113 Å². The third-order valence-corrected chi connectivity index (χ3v) is 11.5. The molecule has 9 heteroatoms. The van der Waals surface area contributed by atoms with Crippen LogP contribution in [0.3, 0.4) is 0 Å². The van der Waals surface area contributed by atoms with Gasteiger partial charge in [-0.25, -0.2) is 9.78 Å². The van der Waals surface area contributed by atoms with E-state index in [1.54, 1.807) is 30.5 Å². The fraction of sp³-hybridized carbons (Fsp3) is 0.300. The molecule has 3 aliphatic rings. The molecular formula is C40H38N4O4S. The molecule has 0 atom stereocenters. The number of allylic oxidation sites excluding steroid dienone is 1. The monoisotopic (exact) mass is 670 g/mol. The number of amides is 2. The van der Waals surface area contributed by atoms with Crippen LogP contribution in [-0.4, -0.2) is 38.0 Å². The fourth-order valence-corrected chi connectivity index (χ4v) is 8.90. The van der Waals surface area contributed by atoms with E-state index in [4.69, 9.17) is 0 Å². The molecule has 2 amide bonds. The van der Waals surface area contributed by atoms with Gasteiger partial charge in [0.1, 0.15) is 5.54 Å². The van der Waals surface area contributed by atoms with E-state index < -0.39 is 11.5 Å². The van der Waals surface area contributed by atoms with Gasteiger partial charge in [-0.2, -0.15) is 0 Å². The van der Waals surface area contributed by atoms with Crippen LogP contribution in [0.4, 0.5) is 5.13 Å². The van der Waals surface area contributed by atoms with Crippen LogP contribution in [0.15, 0.2) is 79.0 Å². The maximum absolute atomic E-state index is 14.0. The number of rotatable bonds is 7. The normalized spacial score (nSPS) is 16.9. The number of thiazole rings is 1. The van der Waals surface area contributed by atoms with E-state index in [9.17, 15) is 19.5 Å². The van der Waals surface area contributed by atoms with Gasteiger partial charge in [-0.1, -0.05) is 98.1 Å². The van der Waals surface area contributed by atoms with Crippen LogP contribution in [0.25, 0.3) is 38.7 Å². The van der Waals surface area contributed by atoms with Gasteiger partial charge in [-0.05, 0) is 72.6 Å². The predicted octanol–water partition coefficient (Wildman–Crippen LogP) is 8.89. The Kier molecular flexibility index (Phi) is 8.15. The number of carboxylic acid groups (broad SMARTS) is 1. The molecule has 1 aliphatic heterocycles. The number of hydrogen-bond acceptors (Lipinski definition) is 5. The second-order valence-electron chi connectivity index (χ2n) is 13.5. The molecule has 3 N–H and O–H groups in total. The lowest BCUT2D eigenvalue weighted by Crippen LogP contribution is -2.55. The molecule has 0 spiro atoms. The molecule has 2 fully saturated rings. The van der Waals surface area contributed by atoms with Crippen LogP contribution < -0.4 is 10.6 Å². The van der Waals surface area contributed by atoms with Gasteiger partial charge in [0.25, 0.3) is 11.8 Å². The van der Waals surface area contributed by atoms with Crippen molar-refractivity contribution in [2.45, 2.75) is 75.8 Å². The van der Waals surface area contributed by atoms with Crippen molar-refractivity contribution in [3.63, 3.8) is 0 Å². The number of aromatic nitrogens is 2. The Labute approximate surface area is 288 Å². The number of carbonyl (C=O) groups is 3. The molecule has 8 rings (SSSR count). The number of nitrogens with one attached hydrogen (secondary N) is 2. The minimum atomic E-state index is -1.04. The molecule has 5 aromatic rings. The molecular weight excluding hydrogens is 633 g/mol. The summed E-state index contributed by atoms with van der Waals surface area (Å²) < 4.78 is 2.38. The quantitative estimate of drug-likeness (QED) is 0.160. The van der Waals surface area contributed by atoms with Crippen molar-refractivity contribution in [1.29, 1.82) is 0 Å². The van der Waals surface area contributed by atoms with Gasteiger partial charge in [0.05, 0.1) is 16.1 Å². The number of hydrogen-bond donors (Lipinski definition) is 3. The summed E-state index contributed by atoms with van der Waals surface area (Å²) in [5.41, 5.74) is 6.73.